The van der Waals surface area contributed by atoms with E-state index in [1.807, 2.05) is 6.20 Å². The van der Waals surface area contributed by atoms with Crippen LogP contribution in [0.2, 0.25) is 0 Å². The number of rotatable bonds is 3. The van der Waals surface area contributed by atoms with Gasteiger partial charge in [-0.1, -0.05) is 0 Å². The Balaban J connectivity index is 1.86. The number of hydrogen-bond donors (Lipinski definition) is 1. The number of carbonyl (C=O) groups is 2. The second-order valence-electron chi connectivity index (χ2n) is 4.51. The smallest absolute Gasteiger partial charge is 0.230 e. The van der Waals surface area contributed by atoms with Crippen LogP contribution in [0.4, 0.5) is 0 Å². The number of amides is 1. The van der Waals surface area contributed by atoms with Gasteiger partial charge in [0.25, 0.3) is 0 Å². The van der Waals surface area contributed by atoms with Gasteiger partial charge in [0, 0.05) is 31.4 Å². The van der Waals surface area contributed by atoms with E-state index in [0.717, 1.165) is 31.8 Å². The van der Waals surface area contributed by atoms with E-state index in [1.54, 1.807) is 11.1 Å². The summed E-state index contributed by atoms with van der Waals surface area (Å²) in [5, 5.41) is 0. The summed E-state index contributed by atoms with van der Waals surface area (Å²) in [6.07, 6.45) is 5.44. The monoisotopic (exact) mass is 235 g/mol. The molecule has 0 spiro atoms. The van der Waals surface area contributed by atoms with Gasteiger partial charge in [0.05, 0.1) is 6.42 Å². The molecule has 5 nitrogen and oxygen atoms in total. The average Bonchev–Trinajstić information content (AvgIpc) is 2.82. The molecule has 5 heteroatoms. The number of nitrogens with zero attached hydrogens (tertiary/aromatic N) is 2. The molecule has 0 unspecified atom stereocenters. The van der Waals surface area contributed by atoms with Gasteiger partial charge in [0.2, 0.25) is 5.91 Å². The van der Waals surface area contributed by atoms with Gasteiger partial charge in [-0.3, -0.25) is 9.59 Å². The van der Waals surface area contributed by atoms with Crippen LogP contribution in [0.25, 0.3) is 0 Å². The highest BCUT2D eigenvalue weighted by Crippen LogP contribution is 2.25. The zero-order valence-corrected chi connectivity index (χ0v) is 9.98. The van der Waals surface area contributed by atoms with E-state index >= 15 is 0 Å². The van der Waals surface area contributed by atoms with E-state index in [-0.39, 0.29) is 18.1 Å². The molecule has 2 heterocycles. The third-order valence-electron chi connectivity index (χ3n) is 3.15. The number of Topliss-reactive ketones (excluding diaryl/α,β-unsaturated/α-hetero) is 1. The Hall–Kier alpha value is -1.65. The van der Waals surface area contributed by atoms with Crippen molar-refractivity contribution in [3.63, 3.8) is 0 Å². The van der Waals surface area contributed by atoms with Crippen molar-refractivity contribution in [1.82, 2.24) is 14.9 Å². The molecule has 17 heavy (non-hydrogen) atoms. The number of ketones is 1. The molecule has 0 aromatic carbocycles. The Morgan fingerprint density at radius 3 is 2.71 bits per heavy atom. The van der Waals surface area contributed by atoms with E-state index in [2.05, 4.69) is 9.97 Å². The normalized spacial score (nSPS) is 17.1. The molecule has 0 saturated carbocycles. The zero-order chi connectivity index (χ0) is 12.3. The Labute approximate surface area is 100 Å². The van der Waals surface area contributed by atoms with Gasteiger partial charge in [-0.2, -0.15) is 0 Å². The molecule has 92 valence electrons. The number of likely N-dealkylation sites (tertiary alicyclic amines) is 1. The largest absolute Gasteiger partial charge is 0.348 e. The lowest BCUT2D eigenvalue weighted by Gasteiger charge is -2.31. The van der Waals surface area contributed by atoms with Crippen LogP contribution in [-0.4, -0.2) is 39.6 Å². The molecule has 1 saturated heterocycles. The fourth-order valence-electron chi connectivity index (χ4n) is 2.23. The first-order valence-corrected chi connectivity index (χ1v) is 5.93. The first-order valence-electron chi connectivity index (χ1n) is 5.93. The number of hydrogen-bond acceptors (Lipinski definition) is 3. The number of carbonyl (C=O) groups excluding carboxylic acids is 2. The number of H-pyrrole nitrogens is 1. The lowest BCUT2D eigenvalue weighted by molar-refractivity contribution is -0.135. The van der Waals surface area contributed by atoms with E-state index < -0.39 is 0 Å². The van der Waals surface area contributed by atoms with Crippen molar-refractivity contribution in [3.8, 4) is 0 Å². The third-order valence-corrected chi connectivity index (χ3v) is 3.15. The molecule has 2 rings (SSSR count). The molecule has 0 atom stereocenters. The minimum absolute atomic E-state index is 0.0332. The second-order valence-corrected chi connectivity index (χ2v) is 4.51. The fourth-order valence-corrected chi connectivity index (χ4v) is 2.23. The van der Waals surface area contributed by atoms with Crippen molar-refractivity contribution in [2.45, 2.75) is 32.1 Å². The Kier molecular flexibility index (Phi) is 3.56. The molecule has 1 aromatic rings. The van der Waals surface area contributed by atoms with E-state index in [9.17, 15) is 9.59 Å². The molecule has 1 N–H and O–H groups in total. The maximum absolute atomic E-state index is 11.7. The van der Waals surface area contributed by atoms with Crippen molar-refractivity contribution in [1.29, 1.82) is 0 Å². The molecular weight excluding hydrogens is 218 g/mol. The van der Waals surface area contributed by atoms with Gasteiger partial charge in [0.1, 0.15) is 11.6 Å². The van der Waals surface area contributed by atoms with Gasteiger partial charge in [-0.15, -0.1) is 0 Å². The highest BCUT2D eigenvalue weighted by Gasteiger charge is 2.25. The van der Waals surface area contributed by atoms with Crippen LogP contribution in [0.3, 0.4) is 0 Å². The minimum atomic E-state index is -0.0665. The quantitative estimate of drug-likeness (QED) is 0.798. The minimum Gasteiger partial charge on any atom is -0.348 e. The van der Waals surface area contributed by atoms with Crippen LogP contribution in [-0.2, 0) is 9.59 Å². The predicted molar refractivity (Wildman–Crippen MR) is 62.4 cm³/mol. The maximum Gasteiger partial charge on any atom is 0.230 e. The fraction of sp³-hybridized carbons (Fsp3) is 0.583. The van der Waals surface area contributed by atoms with Crippen LogP contribution in [0.1, 0.15) is 37.9 Å². The Bertz CT molecular complexity index is 392. The van der Waals surface area contributed by atoms with E-state index in [4.69, 9.17) is 0 Å². The van der Waals surface area contributed by atoms with Crippen LogP contribution in [0, 0.1) is 0 Å². The van der Waals surface area contributed by atoms with Gasteiger partial charge in [-0.25, -0.2) is 4.98 Å². The molecule has 0 bridgehead atoms. The van der Waals surface area contributed by atoms with Gasteiger partial charge < -0.3 is 9.88 Å². The topological polar surface area (TPSA) is 66.1 Å². The summed E-state index contributed by atoms with van der Waals surface area (Å²) in [7, 11) is 0. The van der Waals surface area contributed by atoms with Crippen molar-refractivity contribution in [2.75, 3.05) is 13.1 Å². The van der Waals surface area contributed by atoms with Crippen LogP contribution < -0.4 is 0 Å². The van der Waals surface area contributed by atoms with Gasteiger partial charge in [0.15, 0.2) is 0 Å². The molecule has 1 aliphatic heterocycles. The number of aromatic amines is 1. The average molecular weight is 235 g/mol. The summed E-state index contributed by atoms with van der Waals surface area (Å²) in [4.78, 5) is 31.7. The standard InChI is InChI=1S/C12H17N3O2/c1-9(16)8-11(17)15-6-2-10(3-7-15)12-13-4-5-14-12/h4-5,10H,2-3,6-8H2,1H3,(H,13,14). The predicted octanol–water partition coefficient (Wildman–Crippen LogP) is 1.09. The summed E-state index contributed by atoms with van der Waals surface area (Å²) < 4.78 is 0. The van der Waals surface area contributed by atoms with E-state index in [1.165, 1.54) is 6.92 Å². The van der Waals surface area contributed by atoms with Gasteiger partial charge >= 0.3 is 0 Å². The Morgan fingerprint density at radius 2 is 2.18 bits per heavy atom. The summed E-state index contributed by atoms with van der Waals surface area (Å²) in [6.45, 7) is 2.89. The lowest BCUT2D eigenvalue weighted by Crippen LogP contribution is -2.38. The molecule has 1 aliphatic rings. The zero-order valence-electron chi connectivity index (χ0n) is 9.98. The number of aromatic nitrogens is 2. The van der Waals surface area contributed by atoms with Crippen molar-refractivity contribution < 1.29 is 9.59 Å². The second kappa shape index (κ2) is 5.12. The lowest BCUT2D eigenvalue weighted by atomic mass is 9.96. The summed E-state index contributed by atoms with van der Waals surface area (Å²) in [5.74, 6) is 1.30. The summed E-state index contributed by atoms with van der Waals surface area (Å²) >= 11 is 0. The molecular formula is C12H17N3O2. The first kappa shape index (κ1) is 11.8. The SMILES string of the molecule is CC(=O)CC(=O)N1CCC(c2ncc[nH]2)CC1. The molecule has 1 amide bonds. The Morgan fingerprint density at radius 1 is 1.47 bits per heavy atom. The number of piperidine rings is 1. The van der Waals surface area contributed by atoms with Crippen molar-refractivity contribution >= 4 is 11.7 Å². The van der Waals surface area contributed by atoms with Crippen molar-refractivity contribution in [2.24, 2.45) is 0 Å². The highest BCUT2D eigenvalue weighted by atomic mass is 16.2. The van der Waals surface area contributed by atoms with Gasteiger partial charge in [-0.05, 0) is 19.8 Å². The van der Waals surface area contributed by atoms with Crippen LogP contribution in [0.5, 0.6) is 0 Å². The molecule has 0 aliphatic carbocycles. The number of nitrogens with one attached hydrogen (secondary N) is 1. The third kappa shape index (κ3) is 2.93. The van der Waals surface area contributed by atoms with Crippen LogP contribution in [0.15, 0.2) is 12.4 Å². The van der Waals surface area contributed by atoms with Crippen molar-refractivity contribution in [3.05, 3.63) is 18.2 Å². The molecule has 1 fully saturated rings. The maximum atomic E-state index is 11.7. The summed E-state index contributed by atoms with van der Waals surface area (Å²) in [6, 6.07) is 0. The number of imidazole rings is 1. The van der Waals surface area contributed by atoms with E-state index in [0.29, 0.717) is 5.92 Å². The first-order chi connectivity index (χ1) is 8.16. The van der Waals surface area contributed by atoms with Crippen LogP contribution >= 0.6 is 0 Å². The molecule has 0 radical (unpaired) electrons. The summed E-state index contributed by atoms with van der Waals surface area (Å²) in [5.41, 5.74) is 0. The highest BCUT2D eigenvalue weighted by molar-refractivity contribution is 5.96. The molecule has 1 aromatic heterocycles.